The van der Waals surface area contributed by atoms with Crippen molar-refractivity contribution in [3.63, 3.8) is 0 Å². The SMILES string of the molecule is O=Cc1ccc2c(c1)CCC(n1ccc(OCc3ccccc3)cc1=O)=C2. The van der Waals surface area contributed by atoms with Gasteiger partial charge in [0.05, 0.1) is 0 Å². The van der Waals surface area contributed by atoms with E-state index in [-0.39, 0.29) is 5.56 Å². The quantitative estimate of drug-likeness (QED) is 0.644. The van der Waals surface area contributed by atoms with Crippen molar-refractivity contribution in [3.8, 4) is 5.75 Å². The number of rotatable bonds is 5. The number of ether oxygens (including phenoxy) is 1. The van der Waals surface area contributed by atoms with Crippen molar-refractivity contribution >= 4 is 18.1 Å². The summed E-state index contributed by atoms with van der Waals surface area (Å²) < 4.78 is 7.39. The minimum absolute atomic E-state index is 0.111. The minimum Gasteiger partial charge on any atom is -0.489 e. The summed E-state index contributed by atoms with van der Waals surface area (Å²) in [6.07, 6.45) is 6.19. The van der Waals surface area contributed by atoms with Crippen LogP contribution >= 0.6 is 0 Å². The Kier molecular flexibility index (Phi) is 4.71. The van der Waals surface area contributed by atoms with Gasteiger partial charge in [0.25, 0.3) is 5.56 Å². The van der Waals surface area contributed by atoms with Crippen LogP contribution in [0.4, 0.5) is 0 Å². The fraction of sp³-hybridized carbons (Fsp3) is 0.130. The number of nitrogens with zero attached hydrogens (tertiary/aromatic N) is 1. The van der Waals surface area contributed by atoms with Crippen molar-refractivity contribution in [2.45, 2.75) is 19.4 Å². The molecule has 0 aliphatic heterocycles. The molecule has 2 aromatic carbocycles. The molecule has 0 spiro atoms. The van der Waals surface area contributed by atoms with E-state index in [0.29, 0.717) is 17.9 Å². The van der Waals surface area contributed by atoms with Gasteiger partial charge >= 0.3 is 0 Å². The van der Waals surface area contributed by atoms with E-state index >= 15 is 0 Å². The summed E-state index contributed by atoms with van der Waals surface area (Å²) in [6.45, 7) is 0.430. The van der Waals surface area contributed by atoms with Crippen LogP contribution in [0.3, 0.4) is 0 Å². The molecule has 1 aromatic heterocycles. The van der Waals surface area contributed by atoms with Crippen molar-refractivity contribution < 1.29 is 9.53 Å². The molecular formula is C23H19NO3. The lowest BCUT2D eigenvalue weighted by Gasteiger charge is -2.18. The van der Waals surface area contributed by atoms with Gasteiger partial charge < -0.3 is 4.74 Å². The van der Waals surface area contributed by atoms with E-state index in [4.69, 9.17) is 4.74 Å². The van der Waals surface area contributed by atoms with Gasteiger partial charge in [-0.05, 0) is 47.7 Å². The minimum atomic E-state index is -0.111. The molecule has 0 saturated carbocycles. The largest absolute Gasteiger partial charge is 0.489 e. The Bertz CT molecular complexity index is 1060. The van der Waals surface area contributed by atoms with Crippen molar-refractivity contribution in [1.82, 2.24) is 4.57 Å². The predicted octanol–water partition coefficient (Wildman–Crippen LogP) is 4.18. The third kappa shape index (κ3) is 3.75. The Morgan fingerprint density at radius 2 is 1.85 bits per heavy atom. The number of carbonyl (C=O) groups excluding carboxylic acids is 1. The van der Waals surface area contributed by atoms with Gasteiger partial charge in [-0.25, -0.2) is 0 Å². The summed E-state index contributed by atoms with van der Waals surface area (Å²) in [5.74, 6) is 0.563. The first-order chi connectivity index (χ1) is 13.2. The van der Waals surface area contributed by atoms with Crippen LogP contribution in [0.25, 0.3) is 11.8 Å². The van der Waals surface area contributed by atoms with Gasteiger partial charge in [0, 0.05) is 23.5 Å². The highest BCUT2D eigenvalue weighted by molar-refractivity contribution is 5.80. The number of hydrogen-bond donors (Lipinski definition) is 0. The Balaban J connectivity index is 1.55. The summed E-state index contributed by atoms with van der Waals surface area (Å²) in [4.78, 5) is 23.5. The molecule has 4 heteroatoms. The van der Waals surface area contributed by atoms with Crippen molar-refractivity contribution in [2.24, 2.45) is 0 Å². The van der Waals surface area contributed by atoms with Gasteiger partial charge in [0.15, 0.2) is 0 Å². The molecule has 1 heterocycles. The molecule has 0 bridgehead atoms. The van der Waals surface area contributed by atoms with Crippen molar-refractivity contribution in [1.29, 1.82) is 0 Å². The lowest BCUT2D eigenvalue weighted by atomic mass is 9.93. The second kappa shape index (κ2) is 7.46. The van der Waals surface area contributed by atoms with E-state index in [1.807, 2.05) is 54.6 Å². The Morgan fingerprint density at radius 1 is 1.00 bits per heavy atom. The zero-order valence-corrected chi connectivity index (χ0v) is 14.8. The highest BCUT2D eigenvalue weighted by atomic mass is 16.5. The highest BCUT2D eigenvalue weighted by Gasteiger charge is 2.13. The Labute approximate surface area is 157 Å². The fourth-order valence-electron chi connectivity index (χ4n) is 3.29. The number of pyridine rings is 1. The standard InChI is InChI=1S/C23H19NO3/c25-15-18-6-7-20-13-21(9-8-19(20)12-18)24-11-10-22(14-23(24)26)27-16-17-4-2-1-3-5-17/h1-7,10-15H,8-9,16H2. The maximum atomic E-state index is 12.6. The second-order valence-electron chi connectivity index (χ2n) is 6.56. The van der Waals surface area contributed by atoms with Gasteiger partial charge in [-0.15, -0.1) is 0 Å². The van der Waals surface area contributed by atoms with E-state index in [0.717, 1.165) is 41.5 Å². The predicted molar refractivity (Wildman–Crippen MR) is 106 cm³/mol. The molecule has 134 valence electrons. The van der Waals surface area contributed by atoms with E-state index in [9.17, 15) is 9.59 Å². The fourth-order valence-corrected chi connectivity index (χ4v) is 3.29. The van der Waals surface area contributed by atoms with Gasteiger partial charge in [0.2, 0.25) is 0 Å². The van der Waals surface area contributed by atoms with Crippen LogP contribution in [0.5, 0.6) is 5.75 Å². The summed E-state index contributed by atoms with van der Waals surface area (Å²) in [5, 5.41) is 0. The van der Waals surface area contributed by atoms with E-state index < -0.39 is 0 Å². The third-order valence-corrected chi connectivity index (χ3v) is 4.72. The Hall–Kier alpha value is -3.40. The van der Waals surface area contributed by atoms with E-state index in [1.165, 1.54) is 6.07 Å². The van der Waals surface area contributed by atoms with Gasteiger partial charge in [0.1, 0.15) is 18.6 Å². The van der Waals surface area contributed by atoms with E-state index in [1.54, 1.807) is 16.8 Å². The summed E-state index contributed by atoms with van der Waals surface area (Å²) in [5.41, 5.74) is 4.77. The second-order valence-corrected chi connectivity index (χ2v) is 6.56. The first-order valence-electron chi connectivity index (χ1n) is 8.91. The number of hydrogen-bond acceptors (Lipinski definition) is 3. The van der Waals surface area contributed by atoms with Crippen LogP contribution in [0.1, 0.15) is 33.5 Å². The van der Waals surface area contributed by atoms with Crippen LogP contribution in [-0.2, 0) is 13.0 Å². The van der Waals surface area contributed by atoms with Crippen LogP contribution in [0, 0.1) is 0 Å². The first kappa shape index (κ1) is 17.0. The number of aldehydes is 1. The molecule has 0 amide bonds. The number of carbonyl (C=O) groups is 1. The van der Waals surface area contributed by atoms with Crippen molar-refractivity contribution in [2.75, 3.05) is 0 Å². The van der Waals surface area contributed by atoms with Crippen LogP contribution in [0.15, 0.2) is 71.7 Å². The van der Waals surface area contributed by atoms with E-state index in [2.05, 4.69) is 0 Å². The van der Waals surface area contributed by atoms with Crippen molar-refractivity contribution in [3.05, 3.63) is 99.5 Å². The molecule has 0 saturated heterocycles. The average molecular weight is 357 g/mol. The topological polar surface area (TPSA) is 48.3 Å². The number of aryl methyl sites for hydroxylation is 1. The average Bonchev–Trinajstić information content (AvgIpc) is 2.72. The maximum absolute atomic E-state index is 12.6. The highest BCUT2D eigenvalue weighted by Crippen LogP contribution is 2.27. The van der Waals surface area contributed by atoms with Crippen LogP contribution in [0.2, 0.25) is 0 Å². The number of fused-ring (bicyclic) bond motifs is 1. The molecule has 0 fully saturated rings. The molecule has 27 heavy (non-hydrogen) atoms. The number of aromatic nitrogens is 1. The molecule has 0 radical (unpaired) electrons. The summed E-state index contributed by atoms with van der Waals surface area (Å²) in [7, 11) is 0. The van der Waals surface area contributed by atoms with Gasteiger partial charge in [-0.3, -0.25) is 14.2 Å². The molecule has 3 aromatic rings. The normalized spacial score (nSPS) is 12.8. The smallest absolute Gasteiger partial charge is 0.258 e. The molecule has 0 atom stereocenters. The molecule has 0 unspecified atom stereocenters. The first-order valence-corrected chi connectivity index (χ1v) is 8.91. The molecule has 1 aliphatic carbocycles. The molecular weight excluding hydrogens is 338 g/mol. The third-order valence-electron chi connectivity index (χ3n) is 4.72. The van der Waals surface area contributed by atoms with Crippen LogP contribution < -0.4 is 10.3 Å². The molecule has 0 N–H and O–H groups in total. The summed E-state index contributed by atoms with van der Waals surface area (Å²) >= 11 is 0. The summed E-state index contributed by atoms with van der Waals surface area (Å²) in [6, 6.07) is 18.8. The number of benzene rings is 2. The van der Waals surface area contributed by atoms with Crippen LogP contribution in [-0.4, -0.2) is 10.9 Å². The van der Waals surface area contributed by atoms with Gasteiger partial charge in [-0.1, -0.05) is 42.5 Å². The Morgan fingerprint density at radius 3 is 2.63 bits per heavy atom. The lowest BCUT2D eigenvalue weighted by Crippen LogP contribution is -2.19. The molecule has 1 aliphatic rings. The zero-order chi connectivity index (χ0) is 18.6. The molecule has 4 nitrogen and oxygen atoms in total. The molecule has 4 rings (SSSR count). The van der Waals surface area contributed by atoms with Gasteiger partial charge in [-0.2, -0.15) is 0 Å². The maximum Gasteiger partial charge on any atom is 0.258 e. The zero-order valence-electron chi connectivity index (χ0n) is 14.8. The number of allylic oxidation sites excluding steroid dienone is 1. The lowest BCUT2D eigenvalue weighted by molar-refractivity contribution is 0.112. The monoisotopic (exact) mass is 357 g/mol.